The van der Waals surface area contributed by atoms with Gasteiger partial charge in [-0.2, -0.15) is 0 Å². The zero-order valence-electron chi connectivity index (χ0n) is 18.1. The van der Waals surface area contributed by atoms with Crippen LogP contribution in [-0.4, -0.2) is 61.2 Å². The molecule has 1 aliphatic carbocycles. The highest BCUT2D eigenvalue weighted by atomic mass is 35.5. The number of piperazine rings is 1. The highest BCUT2D eigenvalue weighted by Gasteiger charge is 2.22. The van der Waals surface area contributed by atoms with E-state index in [0.29, 0.717) is 6.54 Å². The summed E-state index contributed by atoms with van der Waals surface area (Å²) in [6, 6.07) is 20.7. The number of aryl methyl sites for hydroxylation is 1. The van der Waals surface area contributed by atoms with E-state index in [9.17, 15) is 5.11 Å². The van der Waals surface area contributed by atoms with Gasteiger partial charge in [0.15, 0.2) is 0 Å². The molecule has 3 aromatic rings. The van der Waals surface area contributed by atoms with E-state index in [4.69, 9.17) is 16.4 Å². The Morgan fingerprint density at radius 2 is 1.81 bits per heavy atom. The molecule has 1 aliphatic heterocycles. The molecule has 0 aromatic heterocycles. The Morgan fingerprint density at radius 1 is 0.969 bits per heavy atom. The smallest absolute Gasteiger partial charge is 0.144 e. The van der Waals surface area contributed by atoms with Crippen LogP contribution in [0, 0.1) is 0 Å². The number of aliphatic hydroxyl groups excluding tert-OH is 1. The van der Waals surface area contributed by atoms with Crippen molar-refractivity contribution in [2.24, 2.45) is 5.16 Å². The van der Waals surface area contributed by atoms with Gasteiger partial charge in [0.2, 0.25) is 0 Å². The molecule has 1 unspecified atom stereocenters. The van der Waals surface area contributed by atoms with Crippen LogP contribution >= 0.6 is 11.6 Å². The number of oxime groups is 1. The maximum Gasteiger partial charge on any atom is 0.144 e. The van der Waals surface area contributed by atoms with Gasteiger partial charge in [-0.25, -0.2) is 0 Å². The summed E-state index contributed by atoms with van der Waals surface area (Å²) in [5.41, 5.74) is 4.66. The Labute approximate surface area is 193 Å². The fourth-order valence-corrected chi connectivity index (χ4v) is 4.95. The third-order valence-corrected chi connectivity index (χ3v) is 6.65. The van der Waals surface area contributed by atoms with Crippen molar-refractivity contribution in [3.63, 3.8) is 0 Å². The summed E-state index contributed by atoms with van der Waals surface area (Å²) >= 11 is 6.12. The molecular weight excluding hydrogens is 422 g/mol. The molecule has 0 bridgehead atoms. The average molecular weight is 450 g/mol. The molecule has 1 fully saturated rings. The lowest BCUT2D eigenvalue weighted by Crippen LogP contribution is -2.49. The summed E-state index contributed by atoms with van der Waals surface area (Å²) < 4.78 is 0. The molecule has 1 heterocycles. The van der Waals surface area contributed by atoms with E-state index >= 15 is 0 Å². The Morgan fingerprint density at radius 3 is 2.66 bits per heavy atom. The van der Waals surface area contributed by atoms with Gasteiger partial charge in [0.1, 0.15) is 12.7 Å². The number of aliphatic hydroxyl groups is 1. The fourth-order valence-electron chi connectivity index (χ4n) is 4.76. The first-order chi connectivity index (χ1) is 15.7. The number of anilines is 1. The Kier molecular flexibility index (Phi) is 6.30. The monoisotopic (exact) mass is 449 g/mol. The highest BCUT2D eigenvalue weighted by Crippen LogP contribution is 2.30. The third-order valence-electron chi connectivity index (χ3n) is 6.42. The van der Waals surface area contributed by atoms with Crippen LogP contribution in [0.1, 0.15) is 17.5 Å². The first-order valence-corrected chi connectivity index (χ1v) is 11.7. The van der Waals surface area contributed by atoms with Crippen molar-refractivity contribution in [1.82, 2.24) is 4.90 Å². The fraction of sp³-hybridized carbons (Fsp3) is 0.346. The summed E-state index contributed by atoms with van der Waals surface area (Å²) in [4.78, 5) is 10.2. The van der Waals surface area contributed by atoms with Crippen molar-refractivity contribution >= 4 is 33.8 Å². The lowest BCUT2D eigenvalue weighted by Gasteiger charge is -2.36. The van der Waals surface area contributed by atoms with Gasteiger partial charge in [-0.15, -0.1) is 0 Å². The molecule has 0 radical (unpaired) electrons. The topological polar surface area (TPSA) is 48.3 Å². The SMILES string of the molecule is OC(CON=C1CCc2c1ccc1ccccc21)CN1CCN(c2cccc(Cl)c2)CC1. The maximum atomic E-state index is 10.5. The van der Waals surface area contributed by atoms with Gasteiger partial charge in [0.05, 0.1) is 5.71 Å². The number of β-amino-alcohol motifs (C(OH)–C–C–N with tert-alkyl or cyclic N) is 1. The molecule has 1 N–H and O–H groups in total. The summed E-state index contributed by atoms with van der Waals surface area (Å²) in [5.74, 6) is 0. The van der Waals surface area contributed by atoms with Crippen LogP contribution in [0.2, 0.25) is 5.02 Å². The van der Waals surface area contributed by atoms with E-state index in [1.165, 1.54) is 21.9 Å². The van der Waals surface area contributed by atoms with Crippen molar-refractivity contribution in [2.45, 2.75) is 18.9 Å². The van der Waals surface area contributed by atoms with Crippen molar-refractivity contribution in [3.8, 4) is 0 Å². The number of rotatable bonds is 6. The van der Waals surface area contributed by atoms with Crippen LogP contribution in [0.25, 0.3) is 10.8 Å². The van der Waals surface area contributed by atoms with Gasteiger partial charge in [-0.3, -0.25) is 4.90 Å². The van der Waals surface area contributed by atoms with Crippen LogP contribution < -0.4 is 4.90 Å². The molecule has 0 amide bonds. The van der Waals surface area contributed by atoms with E-state index in [0.717, 1.165) is 55.4 Å². The van der Waals surface area contributed by atoms with Crippen molar-refractivity contribution in [3.05, 3.63) is 76.8 Å². The summed E-state index contributed by atoms with van der Waals surface area (Å²) in [5, 5.41) is 18.2. The van der Waals surface area contributed by atoms with Crippen LogP contribution in [-0.2, 0) is 11.3 Å². The third kappa shape index (κ3) is 4.60. The second kappa shape index (κ2) is 9.49. The molecule has 6 heteroatoms. The highest BCUT2D eigenvalue weighted by molar-refractivity contribution is 6.30. The molecule has 0 spiro atoms. The first kappa shape index (κ1) is 21.3. The molecule has 0 saturated carbocycles. The lowest BCUT2D eigenvalue weighted by molar-refractivity contribution is 0.0180. The van der Waals surface area contributed by atoms with Crippen LogP contribution in [0.3, 0.4) is 0 Å². The van der Waals surface area contributed by atoms with E-state index in [1.54, 1.807) is 0 Å². The quantitative estimate of drug-likeness (QED) is 0.568. The number of benzene rings is 3. The molecule has 1 atom stereocenters. The van der Waals surface area contributed by atoms with Crippen LogP contribution in [0.4, 0.5) is 5.69 Å². The summed E-state index contributed by atoms with van der Waals surface area (Å²) in [6.45, 7) is 4.44. The average Bonchev–Trinajstić information content (AvgIpc) is 3.23. The predicted molar refractivity (Wildman–Crippen MR) is 131 cm³/mol. The van der Waals surface area contributed by atoms with Crippen molar-refractivity contribution in [1.29, 1.82) is 0 Å². The molecule has 166 valence electrons. The molecule has 2 aliphatic rings. The predicted octanol–water partition coefficient (Wildman–Crippen LogP) is 4.34. The zero-order valence-corrected chi connectivity index (χ0v) is 18.8. The van der Waals surface area contributed by atoms with Gasteiger partial charge in [0.25, 0.3) is 0 Å². The van der Waals surface area contributed by atoms with Gasteiger partial charge in [-0.1, -0.05) is 59.2 Å². The number of hydrogen-bond donors (Lipinski definition) is 1. The van der Waals surface area contributed by atoms with E-state index in [1.807, 2.05) is 18.2 Å². The van der Waals surface area contributed by atoms with Gasteiger partial charge in [-0.05, 0) is 47.4 Å². The first-order valence-electron chi connectivity index (χ1n) is 11.3. The molecule has 1 saturated heterocycles. The lowest BCUT2D eigenvalue weighted by atomic mass is 10.0. The molecular formula is C26H28ClN3O2. The maximum absolute atomic E-state index is 10.5. The molecule has 3 aromatic carbocycles. The Balaban J connectivity index is 1.12. The van der Waals surface area contributed by atoms with E-state index < -0.39 is 6.10 Å². The second-order valence-electron chi connectivity index (χ2n) is 8.57. The Bertz CT molecular complexity index is 1130. The Hall–Kier alpha value is -2.60. The minimum atomic E-state index is -0.561. The molecule has 32 heavy (non-hydrogen) atoms. The number of nitrogens with zero attached hydrogens (tertiary/aromatic N) is 3. The zero-order chi connectivity index (χ0) is 21.9. The standard InChI is InChI=1S/C26H28ClN3O2/c27-20-5-3-6-21(16-20)30-14-12-29(13-15-30)17-22(31)18-32-28-26-11-10-24-23-7-2-1-4-19(23)8-9-25(24)26/h1-9,16,22,31H,10-15,17-18H2. The molecule has 5 nitrogen and oxygen atoms in total. The van der Waals surface area contributed by atoms with Crippen LogP contribution in [0.5, 0.6) is 0 Å². The van der Waals surface area contributed by atoms with Gasteiger partial charge < -0.3 is 14.8 Å². The normalized spacial score (nSPS) is 18.8. The van der Waals surface area contributed by atoms with Crippen molar-refractivity contribution < 1.29 is 9.94 Å². The van der Waals surface area contributed by atoms with Gasteiger partial charge >= 0.3 is 0 Å². The number of halogens is 1. The molecule has 5 rings (SSSR count). The second-order valence-corrected chi connectivity index (χ2v) is 9.00. The summed E-state index contributed by atoms with van der Waals surface area (Å²) in [6.07, 6.45) is 1.30. The van der Waals surface area contributed by atoms with E-state index in [2.05, 4.69) is 57.4 Å². The number of hydrogen-bond acceptors (Lipinski definition) is 5. The van der Waals surface area contributed by atoms with Crippen LogP contribution in [0.15, 0.2) is 65.8 Å². The number of fused-ring (bicyclic) bond motifs is 3. The summed E-state index contributed by atoms with van der Waals surface area (Å²) in [7, 11) is 0. The van der Waals surface area contributed by atoms with Gasteiger partial charge in [0, 0.05) is 49.0 Å². The van der Waals surface area contributed by atoms with Crippen molar-refractivity contribution in [2.75, 3.05) is 44.2 Å². The minimum absolute atomic E-state index is 0.209. The minimum Gasteiger partial charge on any atom is -0.393 e. The van der Waals surface area contributed by atoms with E-state index in [-0.39, 0.29) is 6.61 Å². The largest absolute Gasteiger partial charge is 0.393 e.